The fourth-order valence-electron chi connectivity index (χ4n) is 3.67. The second kappa shape index (κ2) is 7.44. The third kappa shape index (κ3) is 3.79. The number of amides is 2. The fraction of sp³-hybridized carbons (Fsp3) is 0.500. The van der Waals surface area contributed by atoms with E-state index in [0.717, 1.165) is 25.7 Å². The maximum absolute atomic E-state index is 12.4. The Hall–Kier alpha value is -2.08. The standard InChI is InChI=1S/C18H21ClN2O4/c19-14-6-2-1-5-12(14)16(23)20-9-10-21-17(24)13-11-15(22)25-18(13)7-3-4-8-18/h1-2,5-6,13H,3-4,7-11H2,(H,20,23)(H,21,24). The molecule has 1 saturated carbocycles. The van der Waals surface area contributed by atoms with Crippen LogP contribution in [0.5, 0.6) is 0 Å². The van der Waals surface area contributed by atoms with E-state index >= 15 is 0 Å². The molecule has 2 N–H and O–H groups in total. The van der Waals surface area contributed by atoms with Crippen LogP contribution in [0, 0.1) is 5.92 Å². The molecule has 25 heavy (non-hydrogen) atoms. The van der Waals surface area contributed by atoms with Crippen LogP contribution in [0.2, 0.25) is 5.02 Å². The topological polar surface area (TPSA) is 84.5 Å². The van der Waals surface area contributed by atoms with Gasteiger partial charge in [0.05, 0.1) is 22.9 Å². The molecule has 6 nitrogen and oxygen atoms in total. The molecule has 2 fully saturated rings. The fourth-order valence-corrected chi connectivity index (χ4v) is 3.89. The van der Waals surface area contributed by atoms with Crippen LogP contribution >= 0.6 is 11.6 Å². The third-order valence-corrected chi connectivity index (χ3v) is 5.25. The molecule has 1 heterocycles. The van der Waals surface area contributed by atoms with Crippen LogP contribution in [0.15, 0.2) is 24.3 Å². The van der Waals surface area contributed by atoms with Crippen molar-refractivity contribution in [2.45, 2.75) is 37.7 Å². The van der Waals surface area contributed by atoms with Crippen LogP contribution < -0.4 is 10.6 Å². The van der Waals surface area contributed by atoms with Gasteiger partial charge in [-0.2, -0.15) is 0 Å². The number of benzene rings is 1. The number of hydrogen-bond donors (Lipinski definition) is 2. The minimum atomic E-state index is -0.609. The molecule has 7 heteroatoms. The summed E-state index contributed by atoms with van der Waals surface area (Å²) in [6.07, 6.45) is 3.59. The van der Waals surface area contributed by atoms with Crippen LogP contribution in [0.4, 0.5) is 0 Å². The molecule has 1 aromatic rings. The minimum absolute atomic E-state index is 0.137. The van der Waals surface area contributed by atoms with Crippen LogP contribution in [0.25, 0.3) is 0 Å². The van der Waals surface area contributed by atoms with E-state index in [1.54, 1.807) is 24.3 Å². The summed E-state index contributed by atoms with van der Waals surface area (Å²) in [5.41, 5.74) is -0.211. The maximum Gasteiger partial charge on any atom is 0.307 e. The number of rotatable bonds is 5. The molecule has 0 radical (unpaired) electrons. The predicted molar refractivity (Wildman–Crippen MR) is 92.2 cm³/mol. The van der Waals surface area contributed by atoms with Crippen molar-refractivity contribution in [3.8, 4) is 0 Å². The van der Waals surface area contributed by atoms with Gasteiger partial charge in [0, 0.05) is 13.1 Å². The molecule has 1 spiro atoms. The molecule has 1 atom stereocenters. The van der Waals surface area contributed by atoms with Gasteiger partial charge in [0.15, 0.2) is 0 Å². The molecular formula is C18H21ClN2O4. The van der Waals surface area contributed by atoms with Crippen molar-refractivity contribution in [1.82, 2.24) is 10.6 Å². The van der Waals surface area contributed by atoms with Gasteiger partial charge < -0.3 is 15.4 Å². The van der Waals surface area contributed by atoms with Crippen molar-refractivity contribution in [1.29, 1.82) is 0 Å². The molecule has 2 amide bonds. The molecule has 1 saturated heterocycles. The monoisotopic (exact) mass is 364 g/mol. The summed E-state index contributed by atoms with van der Waals surface area (Å²) in [4.78, 5) is 36.1. The van der Waals surface area contributed by atoms with Gasteiger partial charge in [-0.05, 0) is 37.8 Å². The van der Waals surface area contributed by atoms with Crippen LogP contribution in [0.3, 0.4) is 0 Å². The lowest BCUT2D eigenvalue weighted by Crippen LogP contribution is -2.44. The first-order valence-corrected chi connectivity index (χ1v) is 8.92. The molecule has 134 valence electrons. The van der Waals surface area contributed by atoms with E-state index in [0.29, 0.717) is 10.6 Å². The number of nitrogens with one attached hydrogen (secondary N) is 2. The van der Waals surface area contributed by atoms with Gasteiger partial charge in [0.1, 0.15) is 5.60 Å². The highest BCUT2D eigenvalue weighted by molar-refractivity contribution is 6.33. The second-order valence-electron chi connectivity index (χ2n) is 6.53. The van der Waals surface area contributed by atoms with E-state index in [-0.39, 0.29) is 37.3 Å². The average Bonchev–Trinajstić information content (AvgIpc) is 3.18. The van der Waals surface area contributed by atoms with Gasteiger partial charge >= 0.3 is 5.97 Å². The Kier molecular flexibility index (Phi) is 5.27. The molecule has 1 aromatic carbocycles. The number of carbonyl (C=O) groups is 3. The molecule has 1 unspecified atom stereocenters. The normalized spacial score (nSPS) is 21.2. The molecule has 3 rings (SSSR count). The van der Waals surface area contributed by atoms with Gasteiger partial charge in [-0.1, -0.05) is 23.7 Å². The first-order chi connectivity index (χ1) is 12.0. The van der Waals surface area contributed by atoms with Crippen molar-refractivity contribution < 1.29 is 19.1 Å². The van der Waals surface area contributed by atoms with Crippen LogP contribution in [-0.4, -0.2) is 36.5 Å². The summed E-state index contributed by atoms with van der Waals surface area (Å²) in [6.45, 7) is 0.570. The van der Waals surface area contributed by atoms with E-state index in [9.17, 15) is 14.4 Å². The van der Waals surface area contributed by atoms with Gasteiger partial charge in [0.2, 0.25) is 5.91 Å². The summed E-state index contributed by atoms with van der Waals surface area (Å²) >= 11 is 5.97. The number of carbonyl (C=O) groups excluding carboxylic acids is 3. The van der Waals surface area contributed by atoms with Crippen molar-refractivity contribution in [2.24, 2.45) is 5.92 Å². The molecule has 2 aliphatic rings. The Balaban J connectivity index is 1.47. The van der Waals surface area contributed by atoms with Gasteiger partial charge in [-0.15, -0.1) is 0 Å². The lowest BCUT2D eigenvalue weighted by molar-refractivity contribution is -0.149. The summed E-state index contributed by atoms with van der Waals surface area (Å²) in [7, 11) is 0. The second-order valence-corrected chi connectivity index (χ2v) is 6.94. The van der Waals surface area contributed by atoms with Crippen molar-refractivity contribution in [2.75, 3.05) is 13.1 Å². The van der Waals surface area contributed by atoms with E-state index in [1.165, 1.54) is 0 Å². The number of esters is 1. The number of halogens is 1. The third-order valence-electron chi connectivity index (χ3n) is 4.92. The largest absolute Gasteiger partial charge is 0.458 e. The van der Waals surface area contributed by atoms with E-state index in [4.69, 9.17) is 16.3 Å². The smallest absolute Gasteiger partial charge is 0.307 e. The highest BCUT2D eigenvalue weighted by atomic mass is 35.5. The SMILES string of the molecule is O=C1CC(C(=O)NCCNC(=O)c2ccccc2Cl)C2(CCCC2)O1. The summed E-state index contributed by atoms with van der Waals surface area (Å²) < 4.78 is 5.47. The van der Waals surface area contributed by atoms with Crippen LogP contribution in [0.1, 0.15) is 42.5 Å². The Morgan fingerprint density at radius 2 is 1.84 bits per heavy atom. The van der Waals surface area contributed by atoms with Crippen molar-refractivity contribution >= 4 is 29.4 Å². The highest BCUT2D eigenvalue weighted by Crippen LogP contribution is 2.45. The number of ether oxygens (including phenoxy) is 1. The quantitative estimate of drug-likeness (QED) is 0.618. The zero-order valence-corrected chi connectivity index (χ0v) is 14.6. The summed E-state index contributed by atoms with van der Waals surface area (Å²) in [6, 6.07) is 6.78. The van der Waals surface area contributed by atoms with E-state index in [1.807, 2.05) is 0 Å². The van der Waals surface area contributed by atoms with E-state index in [2.05, 4.69) is 10.6 Å². The van der Waals surface area contributed by atoms with Gasteiger partial charge in [0.25, 0.3) is 5.91 Å². The summed E-state index contributed by atoms with van der Waals surface area (Å²) in [5.74, 6) is -1.19. The molecule has 0 bridgehead atoms. The van der Waals surface area contributed by atoms with E-state index < -0.39 is 11.5 Å². The maximum atomic E-state index is 12.4. The zero-order chi connectivity index (χ0) is 17.9. The lowest BCUT2D eigenvalue weighted by Gasteiger charge is -2.27. The van der Waals surface area contributed by atoms with Crippen molar-refractivity contribution in [3.05, 3.63) is 34.9 Å². The minimum Gasteiger partial charge on any atom is -0.458 e. The Morgan fingerprint density at radius 3 is 2.56 bits per heavy atom. The molecular weight excluding hydrogens is 344 g/mol. The molecule has 0 aromatic heterocycles. The Morgan fingerprint density at radius 1 is 1.16 bits per heavy atom. The van der Waals surface area contributed by atoms with Crippen molar-refractivity contribution in [3.63, 3.8) is 0 Å². The first kappa shape index (κ1) is 17.7. The Bertz CT molecular complexity index is 685. The van der Waals surface area contributed by atoms with Crippen LogP contribution in [-0.2, 0) is 14.3 Å². The predicted octanol–water partition coefficient (Wildman–Crippen LogP) is 2.06. The van der Waals surface area contributed by atoms with Gasteiger partial charge in [-0.25, -0.2) is 0 Å². The summed E-state index contributed by atoms with van der Waals surface area (Å²) in [5, 5.41) is 5.90. The molecule has 1 aliphatic carbocycles. The average molecular weight is 365 g/mol. The zero-order valence-electron chi connectivity index (χ0n) is 13.8. The Labute approximate surface area is 151 Å². The highest BCUT2D eigenvalue weighted by Gasteiger charge is 2.53. The lowest BCUT2D eigenvalue weighted by atomic mass is 9.85. The number of hydrogen-bond acceptors (Lipinski definition) is 4. The molecule has 1 aliphatic heterocycles. The first-order valence-electron chi connectivity index (χ1n) is 8.54. The van der Waals surface area contributed by atoms with Gasteiger partial charge in [-0.3, -0.25) is 14.4 Å².